The van der Waals surface area contributed by atoms with Crippen LogP contribution in [-0.4, -0.2) is 52.1 Å². The predicted molar refractivity (Wildman–Crippen MR) is 77.8 cm³/mol. The van der Waals surface area contributed by atoms with Gasteiger partial charge < -0.3 is 14.5 Å². The minimum atomic E-state index is -0.446. The highest BCUT2D eigenvalue weighted by atomic mass is 16.6. The number of aromatic nitrogens is 2. The molecule has 112 valence electrons. The molecule has 0 N–H and O–H groups in total. The lowest BCUT2D eigenvalue weighted by Crippen LogP contribution is -2.54. The third-order valence-electron chi connectivity index (χ3n) is 3.27. The van der Waals surface area contributed by atoms with Crippen molar-refractivity contribution in [3.63, 3.8) is 0 Å². The van der Waals surface area contributed by atoms with Gasteiger partial charge in [-0.05, 0) is 27.7 Å². The lowest BCUT2D eigenvalue weighted by atomic mass is 10.2. The maximum absolute atomic E-state index is 12.1. The molecular weight excluding hydrogens is 256 g/mol. The van der Waals surface area contributed by atoms with E-state index in [2.05, 4.69) is 16.9 Å². The molecule has 1 aromatic rings. The smallest absolute Gasteiger partial charge is 0.410 e. The topological polar surface area (TPSA) is 50.6 Å². The van der Waals surface area contributed by atoms with Crippen LogP contribution in [-0.2, 0) is 11.8 Å². The Bertz CT molecular complexity index is 478. The second-order valence-corrected chi connectivity index (χ2v) is 6.32. The first kappa shape index (κ1) is 14.7. The first-order valence-electron chi connectivity index (χ1n) is 7.00. The van der Waals surface area contributed by atoms with Crippen LogP contribution in [0.1, 0.15) is 27.7 Å². The quantitative estimate of drug-likeness (QED) is 0.788. The molecule has 1 aliphatic heterocycles. The number of anilines is 1. The molecule has 6 nitrogen and oxygen atoms in total. The van der Waals surface area contributed by atoms with Crippen molar-refractivity contribution in [2.24, 2.45) is 7.05 Å². The first-order chi connectivity index (χ1) is 9.26. The van der Waals surface area contributed by atoms with Gasteiger partial charge in [0.1, 0.15) is 5.60 Å². The van der Waals surface area contributed by atoms with Gasteiger partial charge in [-0.3, -0.25) is 4.68 Å². The maximum Gasteiger partial charge on any atom is 0.410 e. The van der Waals surface area contributed by atoms with Crippen LogP contribution in [0.4, 0.5) is 10.6 Å². The highest BCUT2D eigenvalue weighted by Crippen LogP contribution is 2.19. The predicted octanol–water partition coefficient (Wildman–Crippen LogP) is 1.87. The van der Waals surface area contributed by atoms with Crippen LogP contribution < -0.4 is 4.90 Å². The van der Waals surface area contributed by atoms with Crippen LogP contribution in [0, 0.1) is 0 Å². The molecule has 2 heterocycles. The molecule has 0 radical (unpaired) electrons. The van der Waals surface area contributed by atoms with Crippen molar-refractivity contribution in [3.8, 4) is 0 Å². The van der Waals surface area contributed by atoms with Crippen molar-refractivity contribution in [1.82, 2.24) is 14.7 Å². The van der Waals surface area contributed by atoms with E-state index in [-0.39, 0.29) is 12.1 Å². The Morgan fingerprint density at radius 3 is 2.60 bits per heavy atom. The summed E-state index contributed by atoms with van der Waals surface area (Å²) in [5.74, 6) is 0.962. The van der Waals surface area contributed by atoms with Crippen LogP contribution in [0.25, 0.3) is 0 Å². The number of piperazine rings is 1. The molecule has 1 saturated heterocycles. The van der Waals surface area contributed by atoms with E-state index in [1.165, 1.54) is 0 Å². The first-order valence-corrected chi connectivity index (χ1v) is 7.00. The van der Waals surface area contributed by atoms with Crippen molar-refractivity contribution >= 4 is 11.9 Å². The van der Waals surface area contributed by atoms with Crippen LogP contribution in [0.15, 0.2) is 12.3 Å². The average Bonchev–Trinajstić information content (AvgIpc) is 2.73. The number of amides is 1. The molecule has 0 aromatic carbocycles. The van der Waals surface area contributed by atoms with E-state index in [9.17, 15) is 4.79 Å². The molecule has 1 atom stereocenters. The van der Waals surface area contributed by atoms with Crippen LogP contribution in [0.3, 0.4) is 0 Å². The fourth-order valence-electron chi connectivity index (χ4n) is 2.35. The highest BCUT2D eigenvalue weighted by molar-refractivity contribution is 5.68. The Labute approximate surface area is 120 Å². The van der Waals surface area contributed by atoms with Crippen molar-refractivity contribution < 1.29 is 9.53 Å². The number of hydrogen-bond acceptors (Lipinski definition) is 4. The average molecular weight is 280 g/mol. The van der Waals surface area contributed by atoms with Gasteiger partial charge in [0, 0.05) is 45.0 Å². The summed E-state index contributed by atoms with van der Waals surface area (Å²) in [6.45, 7) is 9.86. The molecule has 20 heavy (non-hydrogen) atoms. The molecule has 0 bridgehead atoms. The molecule has 2 rings (SSSR count). The van der Waals surface area contributed by atoms with E-state index in [4.69, 9.17) is 4.74 Å². The molecule has 0 aliphatic carbocycles. The molecule has 1 amide bonds. The van der Waals surface area contributed by atoms with Crippen molar-refractivity contribution in [2.75, 3.05) is 24.5 Å². The fraction of sp³-hybridized carbons (Fsp3) is 0.714. The van der Waals surface area contributed by atoms with E-state index in [1.54, 1.807) is 9.58 Å². The van der Waals surface area contributed by atoms with E-state index < -0.39 is 5.60 Å². The number of rotatable bonds is 1. The molecule has 1 fully saturated rings. The largest absolute Gasteiger partial charge is 0.444 e. The Morgan fingerprint density at radius 1 is 1.40 bits per heavy atom. The molecule has 6 heteroatoms. The Kier molecular flexibility index (Phi) is 3.92. The lowest BCUT2D eigenvalue weighted by Gasteiger charge is -2.40. The van der Waals surface area contributed by atoms with E-state index >= 15 is 0 Å². The van der Waals surface area contributed by atoms with E-state index in [0.29, 0.717) is 13.1 Å². The summed E-state index contributed by atoms with van der Waals surface area (Å²) in [5.41, 5.74) is -0.446. The second kappa shape index (κ2) is 5.34. The summed E-state index contributed by atoms with van der Waals surface area (Å²) in [4.78, 5) is 16.1. The standard InChI is InChI=1S/C14H24N4O2/c1-11-10-17(13(19)20-14(2,3)4)8-9-18(11)12-6-7-16(5)15-12/h6-7,11H,8-10H2,1-5H3/t11-/m0/s1. The zero-order valence-corrected chi connectivity index (χ0v) is 13.0. The fourth-order valence-corrected chi connectivity index (χ4v) is 2.35. The molecule has 0 spiro atoms. The van der Waals surface area contributed by atoms with Gasteiger partial charge in [0.25, 0.3) is 0 Å². The molecular formula is C14H24N4O2. The number of carbonyl (C=O) groups is 1. The van der Waals surface area contributed by atoms with E-state index in [1.807, 2.05) is 40.1 Å². The van der Waals surface area contributed by atoms with Crippen LogP contribution >= 0.6 is 0 Å². The number of aryl methyl sites for hydroxylation is 1. The molecule has 0 saturated carbocycles. The van der Waals surface area contributed by atoms with Gasteiger partial charge in [-0.1, -0.05) is 0 Å². The van der Waals surface area contributed by atoms with Crippen LogP contribution in [0.5, 0.6) is 0 Å². The zero-order chi connectivity index (χ0) is 14.9. The van der Waals surface area contributed by atoms with Gasteiger partial charge in [0.2, 0.25) is 0 Å². The molecule has 0 unspecified atom stereocenters. The van der Waals surface area contributed by atoms with Crippen molar-refractivity contribution in [2.45, 2.75) is 39.3 Å². The summed E-state index contributed by atoms with van der Waals surface area (Å²) in [5, 5.41) is 4.42. The van der Waals surface area contributed by atoms with E-state index in [0.717, 1.165) is 12.4 Å². The SMILES string of the molecule is C[C@H]1CN(C(=O)OC(C)(C)C)CCN1c1ccn(C)n1. The van der Waals surface area contributed by atoms with Gasteiger partial charge >= 0.3 is 6.09 Å². The summed E-state index contributed by atoms with van der Waals surface area (Å²) < 4.78 is 7.21. The maximum atomic E-state index is 12.1. The van der Waals surface area contributed by atoms with Crippen LogP contribution in [0.2, 0.25) is 0 Å². The third kappa shape index (κ3) is 3.43. The summed E-state index contributed by atoms with van der Waals surface area (Å²) in [6, 6.07) is 2.23. The minimum absolute atomic E-state index is 0.228. The second-order valence-electron chi connectivity index (χ2n) is 6.32. The Balaban J connectivity index is 1.97. The van der Waals surface area contributed by atoms with Gasteiger partial charge in [-0.2, -0.15) is 5.10 Å². The van der Waals surface area contributed by atoms with Gasteiger partial charge in [0.15, 0.2) is 5.82 Å². The lowest BCUT2D eigenvalue weighted by molar-refractivity contribution is 0.0218. The zero-order valence-electron chi connectivity index (χ0n) is 13.0. The van der Waals surface area contributed by atoms with Gasteiger partial charge in [-0.15, -0.1) is 0 Å². The van der Waals surface area contributed by atoms with Gasteiger partial charge in [0.05, 0.1) is 0 Å². The normalized spacial score (nSPS) is 20.1. The summed E-state index contributed by atoms with van der Waals surface area (Å²) >= 11 is 0. The van der Waals surface area contributed by atoms with Crippen molar-refractivity contribution in [3.05, 3.63) is 12.3 Å². The number of ether oxygens (including phenoxy) is 1. The summed E-state index contributed by atoms with van der Waals surface area (Å²) in [6.07, 6.45) is 1.70. The monoisotopic (exact) mass is 280 g/mol. The number of hydrogen-bond donors (Lipinski definition) is 0. The molecule has 1 aromatic heterocycles. The van der Waals surface area contributed by atoms with Gasteiger partial charge in [-0.25, -0.2) is 4.79 Å². The summed E-state index contributed by atoms with van der Waals surface area (Å²) in [7, 11) is 1.91. The number of carbonyl (C=O) groups excluding carboxylic acids is 1. The Hall–Kier alpha value is -1.72. The van der Waals surface area contributed by atoms with Crippen molar-refractivity contribution in [1.29, 1.82) is 0 Å². The minimum Gasteiger partial charge on any atom is -0.444 e. The molecule has 1 aliphatic rings. The Morgan fingerprint density at radius 2 is 2.10 bits per heavy atom. The number of nitrogens with zero attached hydrogens (tertiary/aromatic N) is 4. The highest BCUT2D eigenvalue weighted by Gasteiger charge is 2.30. The third-order valence-corrected chi connectivity index (χ3v) is 3.27.